The third-order valence-electron chi connectivity index (χ3n) is 3.38. The highest BCUT2D eigenvalue weighted by Crippen LogP contribution is 2.25. The van der Waals surface area contributed by atoms with E-state index in [4.69, 9.17) is 0 Å². The Hall–Kier alpha value is -1.35. The fraction of sp³-hybridized carbons (Fsp3) is 0.533. The third-order valence-corrected chi connectivity index (χ3v) is 3.38. The van der Waals surface area contributed by atoms with Gasteiger partial charge in [-0.1, -0.05) is 20.8 Å². The molecule has 0 saturated heterocycles. The first kappa shape index (κ1) is 13.1. The van der Waals surface area contributed by atoms with Gasteiger partial charge in [0.25, 0.3) is 0 Å². The zero-order valence-electron chi connectivity index (χ0n) is 11.7. The Balaban J connectivity index is 2.28. The van der Waals surface area contributed by atoms with Crippen LogP contribution < -0.4 is 5.32 Å². The molecule has 2 aromatic rings. The van der Waals surface area contributed by atoms with E-state index in [1.54, 1.807) is 0 Å². The maximum absolute atomic E-state index is 4.10. The van der Waals surface area contributed by atoms with Crippen molar-refractivity contribution < 1.29 is 0 Å². The fourth-order valence-corrected chi connectivity index (χ4v) is 2.34. The van der Waals surface area contributed by atoms with E-state index in [1.165, 1.54) is 16.5 Å². The molecule has 0 amide bonds. The highest BCUT2D eigenvalue weighted by atomic mass is 15.1. The first-order chi connectivity index (χ1) is 8.61. The van der Waals surface area contributed by atoms with Gasteiger partial charge in [-0.3, -0.25) is 5.10 Å². The number of H-pyrrole nitrogens is 1. The van der Waals surface area contributed by atoms with Crippen LogP contribution in [0.2, 0.25) is 0 Å². The molecule has 2 N–H and O–H groups in total. The summed E-state index contributed by atoms with van der Waals surface area (Å²) in [6.45, 7) is 9.95. The second kappa shape index (κ2) is 5.53. The lowest BCUT2D eigenvalue weighted by atomic mass is 9.97. The largest absolute Gasteiger partial charge is 0.310 e. The average molecular weight is 245 g/mol. The summed E-state index contributed by atoms with van der Waals surface area (Å²) in [5.41, 5.74) is 3.84. The molecule has 1 atom stereocenters. The minimum absolute atomic E-state index is 0.437. The van der Waals surface area contributed by atoms with Crippen molar-refractivity contribution in [2.75, 3.05) is 6.54 Å². The van der Waals surface area contributed by atoms with E-state index < -0.39 is 0 Å². The molecule has 1 heterocycles. The second-order valence-electron chi connectivity index (χ2n) is 5.43. The molecule has 18 heavy (non-hydrogen) atoms. The molecule has 0 radical (unpaired) electrons. The van der Waals surface area contributed by atoms with E-state index in [1.807, 2.05) is 6.20 Å². The SMILES string of the molecule is CC[C@H](NCC(C)C)c1cc2cn[nH]c2cc1C. The van der Waals surface area contributed by atoms with Crippen LogP contribution in [-0.2, 0) is 0 Å². The van der Waals surface area contributed by atoms with Gasteiger partial charge in [0.1, 0.15) is 0 Å². The summed E-state index contributed by atoms with van der Waals surface area (Å²) in [5.74, 6) is 0.678. The van der Waals surface area contributed by atoms with Gasteiger partial charge in [0.05, 0.1) is 11.7 Å². The molecule has 1 aromatic carbocycles. The quantitative estimate of drug-likeness (QED) is 0.845. The van der Waals surface area contributed by atoms with Gasteiger partial charge in [-0.25, -0.2) is 0 Å². The van der Waals surface area contributed by atoms with Crippen LogP contribution in [0.5, 0.6) is 0 Å². The lowest BCUT2D eigenvalue weighted by Gasteiger charge is -2.21. The number of benzene rings is 1. The van der Waals surface area contributed by atoms with Gasteiger partial charge >= 0.3 is 0 Å². The van der Waals surface area contributed by atoms with E-state index >= 15 is 0 Å². The molecular formula is C15H23N3. The van der Waals surface area contributed by atoms with Gasteiger partial charge in [0, 0.05) is 11.4 Å². The molecule has 0 saturated carbocycles. The van der Waals surface area contributed by atoms with Crippen LogP contribution >= 0.6 is 0 Å². The molecule has 0 aliphatic carbocycles. The summed E-state index contributed by atoms with van der Waals surface area (Å²) < 4.78 is 0. The predicted octanol–water partition coefficient (Wildman–Crippen LogP) is 3.57. The normalized spacial score (nSPS) is 13.4. The van der Waals surface area contributed by atoms with E-state index in [0.717, 1.165) is 18.5 Å². The smallest absolute Gasteiger partial charge is 0.0653 e. The standard InChI is InChI=1S/C15H23N3/c1-5-14(16-8-10(2)3)13-7-12-9-17-18-15(12)6-11(13)4/h6-7,9-10,14,16H,5,8H2,1-4H3,(H,17,18)/t14-/m0/s1. The van der Waals surface area contributed by atoms with Crippen molar-refractivity contribution in [3.63, 3.8) is 0 Å². The molecule has 1 aromatic heterocycles. The van der Waals surface area contributed by atoms with Crippen molar-refractivity contribution in [1.82, 2.24) is 15.5 Å². The fourth-order valence-electron chi connectivity index (χ4n) is 2.34. The topological polar surface area (TPSA) is 40.7 Å². The number of rotatable bonds is 5. The average Bonchev–Trinajstić information content (AvgIpc) is 2.76. The third kappa shape index (κ3) is 2.72. The van der Waals surface area contributed by atoms with Gasteiger partial charge in [0.15, 0.2) is 0 Å². The molecule has 0 fully saturated rings. The maximum atomic E-state index is 4.10. The number of aromatic amines is 1. The van der Waals surface area contributed by atoms with Gasteiger partial charge in [-0.2, -0.15) is 5.10 Å². The van der Waals surface area contributed by atoms with E-state index in [9.17, 15) is 0 Å². The van der Waals surface area contributed by atoms with Crippen LogP contribution in [0.25, 0.3) is 10.9 Å². The van der Waals surface area contributed by atoms with Gasteiger partial charge in [-0.15, -0.1) is 0 Å². The van der Waals surface area contributed by atoms with Crippen molar-refractivity contribution in [3.8, 4) is 0 Å². The van der Waals surface area contributed by atoms with Gasteiger partial charge in [0.2, 0.25) is 0 Å². The number of aromatic nitrogens is 2. The molecule has 0 spiro atoms. The van der Waals surface area contributed by atoms with Crippen LogP contribution in [0.3, 0.4) is 0 Å². The number of hydrogen-bond acceptors (Lipinski definition) is 2. The Bertz CT molecular complexity index is 513. The van der Waals surface area contributed by atoms with Crippen LogP contribution in [0.15, 0.2) is 18.3 Å². The Kier molecular flexibility index (Phi) is 4.02. The summed E-state index contributed by atoms with van der Waals surface area (Å²) in [6, 6.07) is 4.89. The molecule has 3 heteroatoms. The maximum Gasteiger partial charge on any atom is 0.0653 e. The number of fused-ring (bicyclic) bond motifs is 1. The molecule has 2 rings (SSSR count). The minimum Gasteiger partial charge on any atom is -0.310 e. The number of nitrogens with one attached hydrogen (secondary N) is 2. The summed E-state index contributed by atoms with van der Waals surface area (Å²) in [4.78, 5) is 0. The molecule has 0 aliphatic heterocycles. The van der Waals surface area contributed by atoms with E-state index in [0.29, 0.717) is 12.0 Å². The number of aryl methyl sites for hydroxylation is 1. The Morgan fingerprint density at radius 1 is 1.33 bits per heavy atom. The summed E-state index contributed by atoms with van der Waals surface area (Å²) >= 11 is 0. The van der Waals surface area contributed by atoms with Crippen LogP contribution in [-0.4, -0.2) is 16.7 Å². The molecule has 3 nitrogen and oxygen atoms in total. The summed E-state index contributed by atoms with van der Waals surface area (Å²) in [5, 5.41) is 12.0. The zero-order valence-corrected chi connectivity index (χ0v) is 11.7. The Labute approximate surface area is 109 Å². The first-order valence-corrected chi connectivity index (χ1v) is 6.78. The first-order valence-electron chi connectivity index (χ1n) is 6.78. The molecule has 0 unspecified atom stereocenters. The molecule has 98 valence electrons. The van der Waals surface area contributed by atoms with Crippen molar-refractivity contribution in [1.29, 1.82) is 0 Å². The Morgan fingerprint density at radius 2 is 2.11 bits per heavy atom. The predicted molar refractivity (Wildman–Crippen MR) is 76.7 cm³/mol. The van der Waals surface area contributed by atoms with Crippen LogP contribution in [0, 0.1) is 12.8 Å². The molecule has 0 bridgehead atoms. The van der Waals surface area contributed by atoms with Crippen molar-refractivity contribution in [2.45, 2.75) is 40.2 Å². The lowest BCUT2D eigenvalue weighted by molar-refractivity contribution is 0.464. The van der Waals surface area contributed by atoms with Crippen molar-refractivity contribution in [3.05, 3.63) is 29.5 Å². The van der Waals surface area contributed by atoms with Crippen LogP contribution in [0.1, 0.15) is 44.4 Å². The second-order valence-corrected chi connectivity index (χ2v) is 5.43. The summed E-state index contributed by atoms with van der Waals surface area (Å²) in [6.07, 6.45) is 3.00. The highest BCUT2D eigenvalue weighted by Gasteiger charge is 2.13. The highest BCUT2D eigenvalue weighted by molar-refractivity contribution is 5.79. The molecule has 0 aliphatic rings. The van der Waals surface area contributed by atoms with Gasteiger partial charge < -0.3 is 5.32 Å². The summed E-state index contributed by atoms with van der Waals surface area (Å²) in [7, 11) is 0. The minimum atomic E-state index is 0.437. The monoisotopic (exact) mass is 245 g/mol. The van der Waals surface area contributed by atoms with E-state index in [2.05, 4.69) is 55.3 Å². The van der Waals surface area contributed by atoms with E-state index in [-0.39, 0.29) is 0 Å². The lowest BCUT2D eigenvalue weighted by Crippen LogP contribution is -2.25. The number of hydrogen-bond donors (Lipinski definition) is 2. The number of nitrogens with zero attached hydrogens (tertiary/aromatic N) is 1. The van der Waals surface area contributed by atoms with Gasteiger partial charge in [-0.05, 0) is 49.1 Å². The van der Waals surface area contributed by atoms with Crippen molar-refractivity contribution in [2.24, 2.45) is 5.92 Å². The van der Waals surface area contributed by atoms with Crippen molar-refractivity contribution >= 4 is 10.9 Å². The van der Waals surface area contributed by atoms with Crippen LogP contribution in [0.4, 0.5) is 0 Å². The zero-order chi connectivity index (χ0) is 13.1. The molecular weight excluding hydrogens is 222 g/mol. The Morgan fingerprint density at radius 3 is 2.78 bits per heavy atom.